The summed E-state index contributed by atoms with van der Waals surface area (Å²) in [5.41, 5.74) is 0. The summed E-state index contributed by atoms with van der Waals surface area (Å²) in [7, 11) is 0. The second-order valence-corrected chi connectivity index (χ2v) is 2.72. The molecular weight excluding hydrogens is 136 g/mol. The maximum Gasteiger partial charge on any atom is 0.160 e. The zero-order chi connectivity index (χ0) is 6.69. The summed E-state index contributed by atoms with van der Waals surface area (Å²) in [5, 5.41) is 0. The Labute approximate surface area is 56.6 Å². The van der Waals surface area contributed by atoms with Gasteiger partial charge in [-0.05, 0) is 6.08 Å². The van der Waals surface area contributed by atoms with E-state index in [0.29, 0.717) is 5.75 Å². The van der Waals surface area contributed by atoms with Crippen LogP contribution in [0.25, 0.3) is 0 Å². The zero-order valence-electron chi connectivity index (χ0n) is 4.74. The van der Waals surface area contributed by atoms with Crippen molar-refractivity contribution in [3.8, 4) is 12.3 Å². The van der Waals surface area contributed by atoms with Gasteiger partial charge in [-0.1, -0.05) is 12.0 Å². The van der Waals surface area contributed by atoms with Crippen LogP contribution in [0.1, 0.15) is 0 Å². The van der Waals surface area contributed by atoms with Gasteiger partial charge < -0.3 is 0 Å². The molecule has 0 aromatic carbocycles. The Bertz CT molecular complexity index is 190. The molecule has 0 aromatic rings. The van der Waals surface area contributed by atoms with Gasteiger partial charge in [0.1, 0.15) is 0 Å². The Morgan fingerprint density at radius 3 is 3.11 bits per heavy atom. The first-order chi connectivity index (χ1) is 4.33. The minimum atomic E-state index is -1.20. The summed E-state index contributed by atoms with van der Waals surface area (Å²) in [5.74, 6) is 2.79. The predicted molar refractivity (Wildman–Crippen MR) is 35.9 cm³/mol. The number of hydrogen-bond donors (Lipinski definition) is 0. The number of terminal acetylenes is 1. The third-order valence-corrected chi connectivity index (χ3v) is 1.81. The molecule has 0 amide bonds. The van der Waals surface area contributed by atoms with E-state index in [1.807, 2.05) is 0 Å². The van der Waals surface area contributed by atoms with Crippen LogP contribution in [0.2, 0.25) is 0 Å². The minimum Gasteiger partial charge on any atom is -0.270 e. The Morgan fingerprint density at radius 2 is 2.67 bits per heavy atom. The van der Waals surface area contributed by atoms with Crippen LogP contribution in [0, 0.1) is 12.3 Å². The quantitative estimate of drug-likeness (QED) is 0.357. The molecule has 0 saturated carbocycles. The Balaban J connectivity index is 2.62. The third kappa shape index (κ3) is 1.67. The molecule has 1 heterocycles. The summed E-state index contributed by atoms with van der Waals surface area (Å²) in [6.07, 6.45) is 8.11. The fraction of sp³-hybridized carbons (Fsp3) is 0.333. The van der Waals surface area contributed by atoms with Gasteiger partial charge in [0.2, 0.25) is 0 Å². The molecule has 0 spiro atoms. The predicted octanol–water partition coefficient (Wildman–Crippen LogP) is 0.238. The van der Waals surface area contributed by atoms with Crippen molar-refractivity contribution in [2.24, 2.45) is 0 Å². The van der Waals surface area contributed by atoms with Gasteiger partial charge in [0.25, 0.3) is 0 Å². The van der Waals surface area contributed by atoms with Gasteiger partial charge in [0.15, 0.2) is 17.2 Å². The summed E-state index contributed by atoms with van der Waals surface area (Å²) in [4.78, 5) is 0. The zero-order valence-corrected chi connectivity index (χ0v) is 5.56. The molecule has 0 aliphatic carbocycles. The van der Waals surface area contributed by atoms with Crippen LogP contribution in [0.5, 0.6) is 0 Å². The highest BCUT2D eigenvalue weighted by Gasteiger charge is 2.09. The van der Waals surface area contributed by atoms with Crippen molar-refractivity contribution in [2.75, 3.05) is 5.75 Å². The van der Waals surface area contributed by atoms with E-state index in [1.54, 1.807) is 12.2 Å². The first-order valence-corrected chi connectivity index (χ1v) is 3.75. The van der Waals surface area contributed by atoms with Crippen LogP contribution in [-0.4, -0.2) is 16.1 Å². The van der Waals surface area contributed by atoms with E-state index >= 15 is 0 Å². The smallest absolute Gasteiger partial charge is 0.160 e. The van der Waals surface area contributed by atoms with Crippen LogP contribution in [0.4, 0.5) is 0 Å². The number of hydrogen-bond acceptors (Lipinski definition) is 2. The van der Waals surface area contributed by atoms with E-state index in [2.05, 4.69) is 5.92 Å². The lowest BCUT2D eigenvalue weighted by molar-refractivity contribution is 0.332. The molecule has 1 aliphatic rings. The third-order valence-electron chi connectivity index (χ3n) is 0.918. The van der Waals surface area contributed by atoms with Crippen LogP contribution < -0.4 is 0 Å². The average Bonchev–Trinajstić information content (AvgIpc) is 1.88. The monoisotopic (exact) mass is 142 g/mol. The molecule has 0 N–H and O–H groups in total. The summed E-state index contributed by atoms with van der Waals surface area (Å²) >= 11 is -1.20. The lowest BCUT2D eigenvalue weighted by atomic mass is 10.3. The summed E-state index contributed by atoms with van der Waals surface area (Å²) in [6, 6.07) is 0. The molecule has 2 unspecified atom stereocenters. The molecular formula is C6H6O2S. The first kappa shape index (κ1) is 6.53. The Hall–Kier alpha value is -0.590. The van der Waals surface area contributed by atoms with Gasteiger partial charge in [0, 0.05) is 0 Å². The topological polar surface area (TPSA) is 26.3 Å². The Kier molecular flexibility index (Phi) is 2.04. The minimum absolute atomic E-state index is 0.389. The van der Waals surface area contributed by atoms with E-state index in [9.17, 15) is 4.21 Å². The van der Waals surface area contributed by atoms with Gasteiger partial charge in [-0.3, -0.25) is 4.18 Å². The van der Waals surface area contributed by atoms with Crippen molar-refractivity contribution in [1.29, 1.82) is 0 Å². The molecule has 3 heteroatoms. The van der Waals surface area contributed by atoms with Crippen LogP contribution in [0.15, 0.2) is 12.2 Å². The standard InChI is InChI=1S/C6H6O2S/c1-2-6-4-3-5-9(7)8-6/h1,3-4,6H,5H2. The van der Waals surface area contributed by atoms with E-state index in [-0.39, 0.29) is 6.10 Å². The molecule has 1 rings (SSSR count). The van der Waals surface area contributed by atoms with Gasteiger partial charge >= 0.3 is 0 Å². The second-order valence-electron chi connectivity index (χ2n) is 1.58. The van der Waals surface area contributed by atoms with Crippen LogP contribution >= 0.6 is 0 Å². The second kappa shape index (κ2) is 2.81. The van der Waals surface area contributed by atoms with Gasteiger partial charge in [0.05, 0.1) is 5.75 Å². The van der Waals surface area contributed by atoms with E-state index < -0.39 is 11.1 Å². The molecule has 9 heavy (non-hydrogen) atoms. The maximum absolute atomic E-state index is 10.6. The van der Waals surface area contributed by atoms with Crippen molar-refractivity contribution in [1.82, 2.24) is 0 Å². The highest BCUT2D eigenvalue weighted by Crippen LogP contribution is 2.03. The van der Waals surface area contributed by atoms with Crippen molar-refractivity contribution in [3.63, 3.8) is 0 Å². The van der Waals surface area contributed by atoms with Gasteiger partial charge in [-0.25, -0.2) is 4.21 Å². The molecule has 2 atom stereocenters. The fourth-order valence-corrected chi connectivity index (χ4v) is 1.23. The van der Waals surface area contributed by atoms with Crippen molar-refractivity contribution in [3.05, 3.63) is 12.2 Å². The average molecular weight is 142 g/mol. The fourth-order valence-electron chi connectivity index (χ4n) is 0.528. The molecule has 2 nitrogen and oxygen atoms in total. The summed E-state index contributed by atoms with van der Waals surface area (Å²) in [6.45, 7) is 0. The van der Waals surface area contributed by atoms with Crippen molar-refractivity contribution < 1.29 is 8.39 Å². The maximum atomic E-state index is 10.6. The van der Waals surface area contributed by atoms with Crippen molar-refractivity contribution in [2.45, 2.75) is 6.10 Å². The van der Waals surface area contributed by atoms with Gasteiger partial charge in [-0.15, -0.1) is 6.42 Å². The summed E-state index contributed by atoms with van der Waals surface area (Å²) < 4.78 is 15.4. The molecule has 0 radical (unpaired) electrons. The van der Waals surface area contributed by atoms with Gasteiger partial charge in [-0.2, -0.15) is 0 Å². The molecule has 48 valence electrons. The molecule has 0 bridgehead atoms. The van der Waals surface area contributed by atoms with Crippen LogP contribution in [-0.2, 0) is 15.3 Å². The molecule has 0 fully saturated rings. The van der Waals surface area contributed by atoms with E-state index in [4.69, 9.17) is 10.6 Å². The van der Waals surface area contributed by atoms with E-state index in [0.717, 1.165) is 0 Å². The largest absolute Gasteiger partial charge is 0.270 e. The molecule has 0 aromatic heterocycles. The molecule has 0 saturated heterocycles. The van der Waals surface area contributed by atoms with Crippen molar-refractivity contribution >= 4 is 11.1 Å². The molecule has 1 aliphatic heterocycles. The highest BCUT2D eigenvalue weighted by molar-refractivity contribution is 7.80. The lowest BCUT2D eigenvalue weighted by Gasteiger charge is -2.09. The van der Waals surface area contributed by atoms with Crippen LogP contribution in [0.3, 0.4) is 0 Å². The number of rotatable bonds is 0. The normalized spacial score (nSPS) is 33.7. The Morgan fingerprint density at radius 1 is 1.89 bits per heavy atom. The lowest BCUT2D eigenvalue weighted by Crippen LogP contribution is -2.15. The highest BCUT2D eigenvalue weighted by atomic mass is 32.2. The SMILES string of the molecule is C#CC1C=CCS(=O)O1. The first-order valence-electron chi connectivity index (χ1n) is 2.51. The van der Waals surface area contributed by atoms with E-state index in [1.165, 1.54) is 0 Å².